The van der Waals surface area contributed by atoms with E-state index in [4.69, 9.17) is 4.74 Å². The third kappa shape index (κ3) is 4.03. The van der Waals surface area contributed by atoms with Gasteiger partial charge in [0.15, 0.2) is 0 Å². The van der Waals surface area contributed by atoms with Gasteiger partial charge in [0, 0.05) is 34.9 Å². The molecule has 0 spiro atoms. The van der Waals surface area contributed by atoms with Crippen LogP contribution in [0.4, 0.5) is 5.69 Å². The molecule has 2 aromatic carbocycles. The molecule has 0 saturated heterocycles. The van der Waals surface area contributed by atoms with Crippen molar-refractivity contribution in [3.05, 3.63) is 59.3 Å². The molecule has 30 heavy (non-hydrogen) atoms. The van der Waals surface area contributed by atoms with Crippen molar-refractivity contribution in [3.8, 4) is 5.75 Å². The van der Waals surface area contributed by atoms with Crippen molar-refractivity contribution in [2.45, 2.75) is 26.2 Å². The van der Waals surface area contributed by atoms with Crippen LogP contribution in [0.3, 0.4) is 0 Å². The number of rotatable bonds is 5. The first-order chi connectivity index (χ1) is 14.4. The number of benzene rings is 2. The van der Waals surface area contributed by atoms with Gasteiger partial charge in [0.1, 0.15) is 5.75 Å². The molecular formula is C24H27N3O3. The predicted octanol–water partition coefficient (Wildman–Crippen LogP) is 4.01. The summed E-state index contributed by atoms with van der Waals surface area (Å²) in [6, 6.07) is 12.8. The quantitative estimate of drug-likeness (QED) is 0.673. The highest BCUT2D eigenvalue weighted by atomic mass is 16.5. The molecule has 1 heterocycles. The smallest absolute Gasteiger partial charge is 0.254 e. The van der Waals surface area contributed by atoms with Crippen molar-refractivity contribution >= 4 is 28.4 Å². The summed E-state index contributed by atoms with van der Waals surface area (Å²) in [5.74, 6) is 0.961. The van der Waals surface area contributed by atoms with Crippen LogP contribution in [-0.4, -0.2) is 42.4 Å². The lowest BCUT2D eigenvalue weighted by molar-refractivity contribution is -0.116. The number of hydrogen-bond donors (Lipinski definition) is 2. The van der Waals surface area contributed by atoms with Gasteiger partial charge in [0.05, 0.1) is 13.7 Å². The van der Waals surface area contributed by atoms with E-state index >= 15 is 0 Å². The average molecular weight is 405 g/mol. The molecule has 2 amide bonds. The van der Waals surface area contributed by atoms with Crippen LogP contribution in [0.2, 0.25) is 0 Å². The van der Waals surface area contributed by atoms with E-state index in [1.807, 2.05) is 18.2 Å². The lowest BCUT2D eigenvalue weighted by atomic mass is 9.87. The summed E-state index contributed by atoms with van der Waals surface area (Å²) in [6.07, 6.45) is 3.28. The molecule has 6 heteroatoms. The Kier molecular flexibility index (Phi) is 5.48. The monoisotopic (exact) mass is 405 g/mol. The van der Waals surface area contributed by atoms with Crippen LogP contribution >= 0.6 is 0 Å². The number of carbonyl (C=O) groups is 2. The fourth-order valence-corrected chi connectivity index (χ4v) is 4.11. The summed E-state index contributed by atoms with van der Waals surface area (Å²) < 4.78 is 5.12. The fourth-order valence-electron chi connectivity index (χ4n) is 4.11. The molecule has 0 aliphatic heterocycles. The van der Waals surface area contributed by atoms with Crippen LogP contribution in [0, 0.1) is 5.92 Å². The van der Waals surface area contributed by atoms with E-state index in [-0.39, 0.29) is 18.4 Å². The first-order valence-corrected chi connectivity index (χ1v) is 10.3. The summed E-state index contributed by atoms with van der Waals surface area (Å²) in [7, 11) is 3.24. The average Bonchev–Trinajstić information content (AvgIpc) is 3.10. The molecule has 0 bridgehead atoms. The standard InChI is InChI=1S/C24H27N3O3/c1-15-4-10-21-19(12-15)20-13-16(5-11-22(20)26-21)24(29)27(2)14-23(28)25-17-6-8-18(30-3)9-7-17/h5-9,11,13,15,26H,4,10,12,14H2,1-3H3,(H,25,28)/t15-/m1/s1. The zero-order chi connectivity index (χ0) is 21.3. The van der Waals surface area contributed by atoms with Crippen LogP contribution in [0.15, 0.2) is 42.5 Å². The van der Waals surface area contributed by atoms with Crippen LogP contribution < -0.4 is 10.1 Å². The third-order valence-electron chi connectivity index (χ3n) is 5.78. The number of H-pyrrole nitrogens is 1. The van der Waals surface area contributed by atoms with Crippen molar-refractivity contribution < 1.29 is 14.3 Å². The van der Waals surface area contributed by atoms with E-state index in [1.54, 1.807) is 38.4 Å². The van der Waals surface area contributed by atoms with Gasteiger partial charge in [-0.25, -0.2) is 0 Å². The molecule has 2 N–H and O–H groups in total. The van der Waals surface area contributed by atoms with E-state index in [0.29, 0.717) is 17.2 Å². The zero-order valence-electron chi connectivity index (χ0n) is 17.6. The first-order valence-electron chi connectivity index (χ1n) is 10.3. The molecule has 1 aliphatic carbocycles. The van der Waals surface area contributed by atoms with Crippen molar-refractivity contribution in [2.24, 2.45) is 5.92 Å². The Morgan fingerprint density at radius 3 is 2.70 bits per heavy atom. The van der Waals surface area contributed by atoms with Crippen molar-refractivity contribution in [1.29, 1.82) is 0 Å². The number of aromatic amines is 1. The van der Waals surface area contributed by atoms with Crippen LogP contribution in [0.5, 0.6) is 5.75 Å². The molecule has 3 aromatic rings. The molecule has 156 valence electrons. The van der Waals surface area contributed by atoms with Gasteiger partial charge in [0.25, 0.3) is 5.91 Å². The number of aryl methyl sites for hydroxylation is 1. The number of hydrogen-bond acceptors (Lipinski definition) is 3. The van der Waals surface area contributed by atoms with E-state index in [1.165, 1.54) is 22.6 Å². The second-order valence-corrected chi connectivity index (χ2v) is 8.13. The minimum absolute atomic E-state index is 0.0226. The number of amides is 2. The second kappa shape index (κ2) is 8.22. The summed E-state index contributed by atoms with van der Waals surface area (Å²) in [6.45, 7) is 2.25. The molecule has 1 atom stereocenters. The number of ether oxygens (including phenoxy) is 1. The lowest BCUT2D eigenvalue weighted by Gasteiger charge is -2.19. The van der Waals surface area contributed by atoms with E-state index < -0.39 is 0 Å². The summed E-state index contributed by atoms with van der Waals surface area (Å²) in [5.41, 5.74) is 4.96. The molecule has 1 aliphatic rings. The van der Waals surface area contributed by atoms with Gasteiger partial charge in [-0.3, -0.25) is 9.59 Å². The SMILES string of the molecule is COc1ccc(NC(=O)CN(C)C(=O)c2ccc3[nH]c4c(c3c2)C[C@H](C)CC4)cc1. The molecule has 0 unspecified atom stereocenters. The van der Waals surface area contributed by atoms with E-state index in [0.717, 1.165) is 29.5 Å². The Bertz CT molecular complexity index is 1090. The Morgan fingerprint density at radius 1 is 1.20 bits per heavy atom. The first kappa shape index (κ1) is 20.0. The number of nitrogens with one attached hydrogen (secondary N) is 2. The van der Waals surface area contributed by atoms with Crippen molar-refractivity contribution in [2.75, 3.05) is 26.0 Å². The number of likely N-dealkylation sites (N-methyl/N-ethyl adjacent to an activating group) is 1. The van der Waals surface area contributed by atoms with Gasteiger partial charge in [-0.1, -0.05) is 6.92 Å². The van der Waals surface area contributed by atoms with Crippen molar-refractivity contribution in [1.82, 2.24) is 9.88 Å². The molecule has 0 saturated carbocycles. The van der Waals surface area contributed by atoms with E-state index in [2.05, 4.69) is 17.2 Å². The predicted molar refractivity (Wildman–Crippen MR) is 118 cm³/mol. The Morgan fingerprint density at radius 2 is 1.97 bits per heavy atom. The Labute approximate surface area is 176 Å². The largest absolute Gasteiger partial charge is 0.497 e. The minimum atomic E-state index is -0.245. The molecule has 1 aromatic heterocycles. The third-order valence-corrected chi connectivity index (χ3v) is 5.78. The highest BCUT2D eigenvalue weighted by molar-refractivity contribution is 6.01. The molecular weight excluding hydrogens is 378 g/mol. The van der Waals surface area contributed by atoms with Gasteiger partial charge in [0.2, 0.25) is 5.91 Å². The minimum Gasteiger partial charge on any atom is -0.497 e. The maximum absolute atomic E-state index is 12.9. The van der Waals surface area contributed by atoms with Gasteiger partial charge in [-0.2, -0.15) is 0 Å². The number of nitrogens with zero attached hydrogens (tertiary/aromatic N) is 1. The van der Waals surface area contributed by atoms with Gasteiger partial charge >= 0.3 is 0 Å². The van der Waals surface area contributed by atoms with Crippen LogP contribution in [0.25, 0.3) is 10.9 Å². The maximum Gasteiger partial charge on any atom is 0.254 e. The van der Waals surface area contributed by atoms with Crippen LogP contribution in [-0.2, 0) is 17.6 Å². The molecule has 6 nitrogen and oxygen atoms in total. The number of anilines is 1. The summed E-state index contributed by atoms with van der Waals surface area (Å²) in [4.78, 5) is 30.3. The van der Waals surface area contributed by atoms with Gasteiger partial charge < -0.3 is 19.9 Å². The number of methoxy groups -OCH3 is 1. The topological polar surface area (TPSA) is 74.4 Å². The number of aromatic nitrogens is 1. The molecule has 0 fully saturated rings. The van der Waals surface area contributed by atoms with Crippen molar-refractivity contribution in [3.63, 3.8) is 0 Å². The van der Waals surface area contributed by atoms with Crippen LogP contribution in [0.1, 0.15) is 35.0 Å². The number of fused-ring (bicyclic) bond motifs is 3. The lowest BCUT2D eigenvalue weighted by Crippen LogP contribution is -2.34. The second-order valence-electron chi connectivity index (χ2n) is 8.13. The number of carbonyl (C=O) groups excluding carboxylic acids is 2. The fraction of sp³-hybridized carbons (Fsp3) is 0.333. The normalized spacial score (nSPS) is 15.5. The highest BCUT2D eigenvalue weighted by Gasteiger charge is 2.21. The van der Waals surface area contributed by atoms with E-state index in [9.17, 15) is 9.59 Å². The van der Waals surface area contributed by atoms with Gasteiger partial charge in [-0.15, -0.1) is 0 Å². The Hall–Kier alpha value is -3.28. The maximum atomic E-state index is 12.9. The summed E-state index contributed by atoms with van der Waals surface area (Å²) >= 11 is 0. The van der Waals surface area contributed by atoms with Gasteiger partial charge in [-0.05, 0) is 73.2 Å². The Balaban J connectivity index is 1.45. The molecule has 0 radical (unpaired) electrons. The zero-order valence-corrected chi connectivity index (χ0v) is 17.6. The molecule has 4 rings (SSSR count). The highest BCUT2D eigenvalue weighted by Crippen LogP contribution is 2.32. The summed E-state index contributed by atoms with van der Waals surface area (Å²) in [5, 5.41) is 3.93.